The molecule has 0 aromatic heterocycles. The van der Waals surface area contributed by atoms with Crippen LogP contribution in [0.5, 0.6) is 0 Å². The van der Waals surface area contributed by atoms with Gasteiger partial charge in [-0.25, -0.2) is 0 Å². The van der Waals surface area contributed by atoms with E-state index < -0.39 is 5.91 Å². The van der Waals surface area contributed by atoms with E-state index >= 15 is 0 Å². The molecule has 1 heterocycles. The number of primary amides is 1. The number of nitrogens with zero attached hydrogens (tertiary/aromatic N) is 1. The normalized spacial score (nSPS) is 19.5. The molecule has 4 N–H and O–H groups in total. The number of rotatable bonds is 3. The Bertz CT molecular complexity index is 496. The van der Waals surface area contributed by atoms with Crippen molar-refractivity contribution in [1.29, 1.82) is 0 Å². The summed E-state index contributed by atoms with van der Waals surface area (Å²) in [5, 5.41) is 0. The molecule has 1 fully saturated rings. The minimum absolute atomic E-state index is 0.431. The van der Waals surface area contributed by atoms with Crippen LogP contribution >= 0.6 is 0 Å². The molecule has 0 bridgehead atoms. The maximum absolute atomic E-state index is 11.1. The number of carbonyl (C=O) groups excluding carboxylic acids is 1. The Kier molecular flexibility index (Phi) is 4.33. The van der Waals surface area contributed by atoms with Gasteiger partial charge in [-0.3, -0.25) is 9.69 Å². The van der Waals surface area contributed by atoms with Crippen LogP contribution in [0.15, 0.2) is 18.2 Å². The third kappa shape index (κ3) is 3.73. The monoisotopic (exact) mass is 275 g/mol. The summed E-state index contributed by atoms with van der Waals surface area (Å²) in [5.41, 5.74) is 13.9. The van der Waals surface area contributed by atoms with Crippen molar-refractivity contribution in [2.45, 2.75) is 39.7 Å². The first-order valence-corrected chi connectivity index (χ1v) is 7.28. The van der Waals surface area contributed by atoms with Gasteiger partial charge in [-0.1, -0.05) is 19.9 Å². The van der Waals surface area contributed by atoms with Crippen LogP contribution in [0.25, 0.3) is 0 Å². The summed E-state index contributed by atoms with van der Waals surface area (Å²) < 4.78 is 0. The van der Waals surface area contributed by atoms with Crippen LogP contribution in [0.3, 0.4) is 0 Å². The summed E-state index contributed by atoms with van der Waals surface area (Å²) in [4.78, 5) is 13.6. The molecule has 2 rings (SSSR count). The molecular weight excluding hydrogens is 250 g/mol. The topological polar surface area (TPSA) is 72.3 Å². The van der Waals surface area contributed by atoms with Gasteiger partial charge in [0.05, 0.1) is 0 Å². The molecule has 0 atom stereocenters. The van der Waals surface area contributed by atoms with E-state index in [1.165, 1.54) is 19.3 Å². The van der Waals surface area contributed by atoms with Crippen molar-refractivity contribution in [3.8, 4) is 0 Å². The molecule has 1 aliphatic rings. The fraction of sp³-hybridized carbons (Fsp3) is 0.562. The van der Waals surface area contributed by atoms with Gasteiger partial charge in [-0.2, -0.15) is 0 Å². The molecule has 0 radical (unpaired) electrons. The molecule has 110 valence electrons. The fourth-order valence-electron chi connectivity index (χ4n) is 2.77. The Morgan fingerprint density at radius 2 is 2.05 bits per heavy atom. The number of hydrogen-bond acceptors (Lipinski definition) is 3. The number of carbonyl (C=O) groups is 1. The molecule has 4 heteroatoms. The fourth-order valence-corrected chi connectivity index (χ4v) is 2.77. The van der Waals surface area contributed by atoms with Gasteiger partial charge in [0.15, 0.2) is 0 Å². The summed E-state index contributed by atoms with van der Waals surface area (Å²) in [6.07, 6.45) is 3.72. The van der Waals surface area contributed by atoms with Crippen LogP contribution in [0, 0.1) is 5.41 Å². The van der Waals surface area contributed by atoms with Crippen molar-refractivity contribution in [3.63, 3.8) is 0 Å². The number of benzene rings is 1. The van der Waals surface area contributed by atoms with Crippen molar-refractivity contribution in [3.05, 3.63) is 29.3 Å². The lowest BCUT2D eigenvalue weighted by Gasteiger charge is -2.23. The first-order valence-electron chi connectivity index (χ1n) is 7.28. The van der Waals surface area contributed by atoms with Crippen molar-refractivity contribution < 1.29 is 4.79 Å². The lowest BCUT2D eigenvalue weighted by Crippen LogP contribution is -2.25. The molecular formula is C16H25N3O. The van der Waals surface area contributed by atoms with Gasteiger partial charge in [0.1, 0.15) is 0 Å². The quantitative estimate of drug-likeness (QED) is 0.832. The lowest BCUT2D eigenvalue weighted by atomic mass is 9.85. The average Bonchev–Trinajstić information content (AvgIpc) is 2.53. The van der Waals surface area contributed by atoms with Crippen molar-refractivity contribution in [2.75, 3.05) is 18.8 Å². The number of nitrogen functional groups attached to an aromatic ring is 1. The third-order valence-corrected chi connectivity index (χ3v) is 4.26. The van der Waals surface area contributed by atoms with Crippen molar-refractivity contribution >= 4 is 11.6 Å². The van der Waals surface area contributed by atoms with Crippen LogP contribution in [-0.2, 0) is 6.54 Å². The summed E-state index contributed by atoms with van der Waals surface area (Å²) >= 11 is 0. The number of amides is 1. The van der Waals surface area contributed by atoms with Gasteiger partial charge in [-0.05, 0) is 55.5 Å². The second-order valence-electron chi connectivity index (χ2n) is 6.57. The van der Waals surface area contributed by atoms with E-state index in [2.05, 4.69) is 18.7 Å². The average molecular weight is 275 g/mol. The number of hydrogen-bond donors (Lipinski definition) is 2. The molecule has 0 unspecified atom stereocenters. The Morgan fingerprint density at radius 1 is 1.30 bits per heavy atom. The minimum atomic E-state index is -0.431. The maximum atomic E-state index is 11.1. The molecule has 1 aliphatic heterocycles. The first-order chi connectivity index (χ1) is 9.37. The van der Waals surface area contributed by atoms with Gasteiger partial charge in [0.2, 0.25) is 5.91 Å². The zero-order valence-corrected chi connectivity index (χ0v) is 12.5. The molecule has 20 heavy (non-hydrogen) atoms. The summed E-state index contributed by atoms with van der Waals surface area (Å²) in [5.74, 6) is -0.431. The molecule has 1 saturated heterocycles. The SMILES string of the molecule is CC1(C)CCCN(Cc2ccc(C(N)=O)cc2N)CC1. The van der Waals surface area contributed by atoms with E-state index in [0.717, 1.165) is 25.2 Å². The predicted molar refractivity (Wildman–Crippen MR) is 82.3 cm³/mol. The molecule has 1 aromatic rings. The summed E-state index contributed by atoms with van der Waals surface area (Å²) in [6, 6.07) is 5.36. The highest BCUT2D eigenvalue weighted by Gasteiger charge is 2.23. The zero-order valence-electron chi connectivity index (χ0n) is 12.5. The Labute approximate surface area is 121 Å². The van der Waals surface area contributed by atoms with Crippen LogP contribution < -0.4 is 11.5 Å². The van der Waals surface area contributed by atoms with E-state index in [1.54, 1.807) is 12.1 Å². The predicted octanol–water partition coefficient (Wildman–Crippen LogP) is 2.38. The standard InChI is InChI=1S/C16H25N3O/c1-16(2)6-3-8-19(9-7-16)11-13-5-4-12(15(18)20)10-14(13)17/h4-5,10H,3,6-9,11,17H2,1-2H3,(H2,18,20). The third-order valence-electron chi connectivity index (χ3n) is 4.26. The molecule has 1 amide bonds. The van der Waals surface area contributed by atoms with E-state index in [1.807, 2.05) is 6.07 Å². The Hall–Kier alpha value is -1.55. The van der Waals surface area contributed by atoms with Gasteiger partial charge in [0.25, 0.3) is 0 Å². The second-order valence-corrected chi connectivity index (χ2v) is 6.57. The zero-order chi connectivity index (χ0) is 14.8. The molecule has 4 nitrogen and oxygen atoms in total. The summed E-state index contributed by atoms with van der Waals surface area (Å²) in [6.45, 7) is 7.74. The van der Waals surface area contributed by atoms with E-state index in [0.29, 0.717) is 16.7 Å². The van der Waals surface area contributed by atoms with Crippen LogP contribution in [0.1, 0.15) is 49.0 Å². The highest BCUT2D eigenvalue weighted by atomic mass is 16.1. The van der Waals surface area contributed by atoms with Crippen molar-refractivity contribution in [2.24, 2.45) is 11.1 Å². The largest absolute Gasteiger partial charge is 0.398 e. The van der Waals surface area contributed by atoms with Crippen LogP contribution in [0.2, 0.25) is 0 Å². The van der Waals surface area contributed by atoms with Gasteiger partial charge in [-0.15, -0.1) is 0 Å². The minimum Gasteiger partial charge on any atom is -0.398 e. The smallest absolute Gasteiger partial charge is 0.248 e. The maximum Gasteiger partial charge on any atom is 0.248 e. The molecule has 0 spiro atoms. The first kappa shape index (κ1) is 14.9. The highest BCUT2D eigenvalue weighted by Crippen LogP contribution is 2.30. The lowest BCUT2D eigenvalue weighted by molar-refractivity contribution is 0.100. The van der Waals surface area contributed by atoms with Gasteiger partial charge >= 0.3 is 0 Å². The number of likely N-dealkylation sites (tertiary alicyclic amines) is 1. The Balaban J connectivity index is 2.05. The van der Waals surface area contributed by atoms with E-state index in [9.17, 15) is 4.79 Å². The van der Waals surface area contributed by atoms with E-state index in [4.69, 9.17) is 11.5 Å². The highest BCUT2D eigenvalue weighted by molar-refractivity contribution is 5.93. The number of anilines is 1. The second kappa shape index (κ2) is 5.83. The molecule has 1 aromatic carbocycles. The molecule has 0 saturated carbocycles. The van der Waals surface area contributed by atoms with E-state index in [-0.39, 0.29) is 0 Å². The van der Waals surface area contributed by atoms with Gasteiger partial charge < -0.3 is 11.5 Å². The molecule has 0 aliphatic carbocycles. The van der Waals surface area contributed by atoms with Crippen molar-refractivity contribution in [1.82, 2.24) is 4.90 Å². The summed E-state index contributed by atoms with van der Waals surface area (Å²) in [7, 11) is 0. The van der Waals surface area contributed by atoms with Crippen LogP contribution in [0.4, 0.5) is 5.69 Å². The number of nitrogens with two attached hydrogens (primary N) is 2. The Morgan fingerprint density at radius 3 is 2.70 bits per heavy atom. The van der Waals surface area contributed by atoms with Crippen LogP contribution in [-0.4, -0.2) is 23.9 Å². The van der Waals surface area contributed by atoms with Gasteiger partial charge in [0, 0.05) is 17.8 Å².